The molecule has 57 heavy (non-hydrogen) atoms. The second-order valence-electron chi connectivity index (χ2n) is 15.7. The van der Waals surface area contributed by atoms with Crippen LogP contribution in [0.1, 0.15) is 162 Å². The maximum atomic E-state index is 12.7. The summed E-state index contributed by atoms with van der Waals surface area (Å²) in [7, 11) is 1.06. The second-order valence-corrected chi connectivity index (χ2v) is 17.1. The Bertz CT molecular complexity index is 1220. The van der Waals surface area contributed by atoms with Crippen LogP contribution in [-0.4, -0.2) is 75.8 Å². The lowest BCUT2D eigenvalue weighted by molar-refractivity contribution is -0.870. The van der Waals surface area contributed by atoms with Gasteiger partial charge in [-0.25, -0.2) is 0 Å². The number of unbranched alkanes of at least 4 members (excludes halogenated alkanes) is 14. The van der Waals surface area contributed by atoms with Gasteiger partial charge < -0.3 is 27.9 Å². The predicted molar refractivity (Wildman–Crippen MR) is 231 cm³/mol. The first-order chi connectivity index (χ1) is 27.4. The second kappa shape index (κ2) is 37.6. The molecule has 0 saturated heterocycles. The lowest BCUT2D eigenvalue weighted by atomic mass is 10.1. The molecule has 0 radical (unpaired) electrons. The Morgan fingerprint density at radius 3 is 1.79 bits per heavy atom. The molecule has 0 aliphatic heterocycles. The minimum absolute atomic E-state index is 0.0629. The molecule has 0 spiro atoms. The van der Waals surface area contributed by atoms with Gasteiger partial charge in [-0.1, -0.05) is 133 Å². The Hall–Kier alpha value is -2.62. The summed E-state index contributed by atoms with van der Waals surface area (Å²) in [5.74, 6) is -0.882. The van der Waals surface area contributed by atoms with Crippen LogP contribution in [0, 0.1) is 0 Å². The first-order valence-corrected chi connectivity index (χ1v) is 23.4. The number of esters is 2. The molecule has 328 valence electrons. The summed E-state index contributed by atoms with van der Waals surface area (Å²) in [5, 5.41) is 0. The van der Waals surface area contributed by atoms with Gasteiger partial charge in [-0.15, -0.1) is 0 Å². The monoisotopic (exact) mass is 822 g/mol. The maximum Gasteiger partial charge on any atom is 0.306 e. The highest BCUT2D eigenvalue weighted by Gasteiger charge is 2.21. The fourth-order valence-corrected chi connectivity index (χ4v) is 6.20. The van der Waals surface area contributed by atoms with Gasteiger partial charge in [-0.2, -0.15) is 0 Å². The molecule has 0 bridgehead atoms. The van der Waals surface area contributed by atoms with Gasteiger partial charge in [0.05, 0.1) is 27.7 Å². The molecule has 0 aromatic rings. The molecule has 0 aliphatic rings. The third-order valence-corrected chi connectivity index (χ3v) is 9.95. The molecule has 0 amide bonds. The summed E-state index contributed by atoms with van der Waals surface area (Å²) >= 11 is 0. The summed E-state index contributed by atoms with van der Waals surface area (Å²) in [6.07, 6.45) is 40.8. The number of allylic oxidation sites excluding steroid dienone is 10. The van der Waals surface area contributed by atoms with Crippen LogP contribution in [0.2, 0.25) is 0 Å². The number of rotatable bonds is 39. The summed E-state index contributed by atoms with van der Waals surface area (Å²) in [6.45, 7) is 3.95. The molecule has 0 aliphatic carbocycles. The Morgan fingerprint density at radius 1 is 0.596 bits per heavy atom. The van der Waals surface area contributed by atoms with Gasteiger partial charge in [0.1, 0.15) is 19.8 Å². The molecule has 10 nitrogen and oxygen atoms in total. The van der Waals surface area contributed by atoms with E-state index in [2.05, 4.69) is 50.3 Å². The zero-order valence-electron chi connectivity index (χ0n) is 36.5. The molecule has 0 N–H and O–H groups in total. The number of quaternary nitrogens is 1. The zero-order valence-corrected chi connectivity index (χ0v) is 37.4. The van der Waals surface area contributed by atoms with Crippen molar-refractivity contribution < 1.29 is 46.8 Å². The molecular formula is C46H80NO9P. The van der Waals surface area contributed by atoms with Crippen LogP contribution in [0.3, 0.4) is 0 Å². The highest BCUT2D eigenvalue weighted by molar-refractivity contribution is 7.45. The lowest BCUT2D eigenvalue weighted by Gasteiger charge is -2.28. The van der Waals surface area contributed by atoms with Crippen molar-refractivity contribution in [3.05, 3.63) is 60.8 Å². The van der Waals surface area contributed by atoms with Gasteiger partial charge in [0.15, 0.2) is 11.9 Å². The number of phosphoric ester groups is 1. The van der Waals surface area contributed by atoms with E-state index >= 15 is 0 Å². The molecule has 0 heterocycles. The molecule has 11 heteroatoms. The van der Waals surface area contributed by atoms with Gasteiger partial charge in [-0.05, 0) is 70.3 Å². The van der Waals surface area contributed by atoms with Crippen LogP contribution >= 0.6 is 7.82 Å². The number of ketones is 1. The highest BCUT2D eigenvalue weighted by atomic mass is 31.2. The Labute approximate surface area is 347 Å². The van der Waals surface area contributed by atoms with E-state index in [-0.39, 0.29) is 31.8 Å². The van der Waals surface area contributed by atoms with E-state index < -0.39 is 32.5 Å². The van der Waals surface area contributed by atoms with Crippen LogP contribution in [0.4, 0.5) is 0 Å². The summed E-state index contributed by atoms with van der Waals surface area (Å²) in [5.41, 5.74) is 0. The molecule has 0 aromatic carbocycles. The summed E-state index contributed by atoms with van der Waals surface area (Å²) in [4.78, 5) is 49.5. The number of nitrogens with zero attached hydrogens (tertiary/aromatic N) is 1. The van der Waals surface area contributed by atoms with Crippen LogP contribution < -0.4 is 4.89 Å². The van der Waals surface area contributed by atoms with E-state index in [1.807, 2.05) is 39.4 Å². The summed E-state index contributed by atoms with van der Waals surface area (Å²) < 4.78 is 33.7. The number of carbonyl (C=O) groups is 3. The molecular weight excluding hydrogens is 741 g/mol. The first kappa shape index (κ1) is 54.4. The normalized spacial score (nSPS) is 14.1. The van der Waals surface area contributed by atoms with Crippen molar-refractivity contribution in [1.29, 1.82) is 0 Å². The van der Waals surface area contributed by atoms with Crippen molar-refractivity contribution in [2.24, 2.45) is 0 Å². The van der Waals surface area contributed by atoms with Crippen LogP contribution in [-0.2, 0) is 37.5 Å². The van der Waals surface area contributed by atoms with Crippen molar-refractivity contribution in [2.75, 3.05) is 47.5 Å². The van der Waals surface area contributed by atoms with Crippen LogP contribution in [0.5, 0.6) is 0 Å². The summed E-state index contributed by atoms with van der Waals surface area (Å²) in [6, 6.07) is 0. The minimum atomic E-state index is -4.67. The van der Waals surface area contributed by atoms with Crippen molar-refractivity contribution in [1.82, 2.24) is 0 Å². The van der Waals surface area contributed by atoms with Crippen LogP contribution in [0.15, 0.2) is 60.8 Å². The minimum Gasteiger partial charge on any atom is -0.756 e. The quantitative estimate of drug-likeness (QED) is 0.0113. The number of likely N-dealkylation sites (N-methyl/N-ethyl adjacent to an activating group) is 1. The maximum absolute atomic E-state index is 12.7. The van der Waals surface area contributed by atoms with E-state index in [1.54, 1.807) is 6.08 Å². The third kappa shape index (κ3) is 41.3. The van der Waals surface area contributed by atoms with Gasteiger partial charge in [0.25, 0.3) is 7.82 Å². The largest absolute Gasteiger partial charge is 0.756 e. The fourth-order valence-electron chi connectivity index (χ4n) is 5.47. The van der Waals surface area contributed by atoms with E-state index in [0.717, 1.165) is 57.8 Å². The van der Waals surface area contributed by atoms with Gasteiger partial charge >= 0.3 is 11.9 Å². The average molecular weight is 822 g/mol. The number of phosphoric acid groups is 1. The van der Waals surface area contributed by atoms with Crippen molar-refractivity contribution in [2.45, 2.75) is 168 Å². The van der Waals surface area contributed by atoms with E-state index in [9.17, 15) is 23.8 Å². The highest BCUT2D eigenvalue weighted by Crippen LogP contribution is 2.38. The lowest BCUT2D eigenvalue weighted by Crippen LogP contribution is -2.37. The third-order valence-electron chi connectivity index (χ3n) is 8.99. The van der Waals surface area contributed by atoms with Gasteiger partial charge in [0.2, 0.25) is 0 Å². The fraction of sp³-hybridized carbons (Fsp3) is 0.717. The van der Waals surface area contributed by atoms with Gasteiger partial charge in [-0.3, -0.25) is 18.9 Å². The molecule has 1 unspecified atom stereocenters. The molecule has 0 saturated carbocycles. The topological polar surface area (TPSA) is 128 Å². The molecule has 2 atom stereocenters. The average Bonchev–Trinajstić information content (AvgIpc) is 3.15. The standard InChI is InChI=1S/C46H80NO9P/c1-6-8-10-12-14-15-16-17-18-19-20-21-22-23-25-29-33-37-45(49)53-41-44(42-55-57(51,52)54-40-39-47(3,4)5)56-46(50)38-34-30-26-28-32-36-43(48)35-31-27-24-13-11-9-7-2/h17-18,20-21,23-25,27,31,35,44H,6-16,19,22,26,28-30,32-34,36-42H2,1-5H3/b18-17-,21-20-,25-23-,27-24-,35-31+/t44-/m1/s1. The van der Waals surface area contributed by atoms with E-state index in [1.165, 1.54) is 57.8 Å². The van der Waals surface area contributed by atoms with E-state index in [4.69, 9.17) is 18.5 Å². The smallest absolute Gasteiger partial charge is 0.306 e. The number of hydrogen-bond donors (Lipinski definition) is 0. The number of carbonyl (C=O) groups excluding carboxylic acids is 3. The molecule has 0 aromatic heterocycles. The Kier molecular flexibility index (Phi) is 35.9. The van der Waals surface area contributed by atoms with Crippen molar-refractivity contribution in [3.63, 3.8) is 0 Å². The van der Waals surface area contributed by atoms with Crippen LogP contribution in [0.25, 0.3) is 0 Å². The molecule has 0 fully saturated rings. The molecule has 0 rings (SSSR count). The first-order valence-electron chi connectivity index (χ1n) is 21.9. The Morgan fingerprint density at radius 2 is 1.12 bits per heavy atom. The van der Waals surface area contributed by atoms with Crippen molar-refractivity contribution in [3.8, 4) is 0 Å². The van der Waals surface area contributed by atoms with E-state index in [0.29, 0.717) is 30.3 Å². The zero-order chi connectivity index (χ0) is 42.3. The van der Waals surface area contributed by atoms with Crippen molar-refractivity contribution >= 4 is 25.5 Å². The SMILES string of the molecule is CCCCC/C=C\C=C\C(=O)CCCCCCCC(=O)O[C@H](COC(=O)CCC/C=C\C/C=C\C/C=C\CCCCCCCC)COP(=O)([O-])OCC[N+](C)(C)C. The predicted octanol–water partition coefficient (Wildman–Crippen LogP) is 11.0. The Balaban J connectivity index is 4.54. The number of hydrogen-bond acceptors (Lipinski definition) is 9. The number of ether oxygens (including phenoxy) is 2. The van der Waals surface area contributed by atoms with Gasteiger partial charge in [0, 0.05) is 19.3 Å².